The molecule has 0 saturated heterocycles. The van der Waals surface area contributed by atoms with Gasteiger partial charge in [0.25, 0.3) is 0 Å². The van der Waals surface area contributed by atoms with Crippen molar-refractivity contribution >= 4 is 27.1 Å². The molecule has 0 saturated carbocycles. The fraction of sp³-hybridized carbons (Fsp3) is 0.400. The minimum atomic E-state index is -3.16. The Balaban J connectivity index is 3.11. The summed E-state index contributed by atoms with van der Waals surface area (Å²) in [5.41, 5.74) is 6.60. The first-order valence-electron chi connectivity index (χ1n) is 4.59. The van der Waals surface area contributed by atoms with Gasteiger partial charge in [-0.15, -0.1) is 0 Å². The highest BCUT2D eigenvalue weighted by Crippen LogP contribution is 2.25. The number of nitrogens with two attached hydrogens (primary N) is 1. The Morgan fingerprint density at radius 3 is 2.47 bits per heavy atom. The highest BCUT2D eigenvalue weighted by molar-refractivity contribution is 7.91. The zero-order valence-electron chi connectivity index (χ0n) is 8.70. The van der Waals surface area contributed by atoms with E-state index >= 15 is 0 Å². The number of sulfone groups is 1. The van der Waals surface area contributed by atoms with E-state index in [0.717, 1.165) is 0 Å². The molecule has 1 aromatic rings. The Morgan fingerprint density at radius 1 is 1.40 bits per heavy atom. The molecule has 0 atom stereocenters. The smallest absolute Gasteiger partial charge is 0.156 e. The van der Waals surface area contributed by atoms with Crippen molar-refractivity contribution in [3.05, 3.63) is 28.8 Å². The molecule has 15 heavy (non-hydrogen) atoms. The molecular weight excluding hydrogens is 234 g/mol. The second-order valence-corrected chi connectivity index (χ2v) is 6.63. The van der Waals surface area contributed by atoms with E-state index in [2.05, 4.69) is 0 Å². The van der Waals surface area contributed by atoms with Crippen molar-refractivity contribution in [1.29, 1.82) is 0 Å². The van der Waals surface area contributed by atoms with E-state index in [1.54, 1.807) is 32.0 Å². The van der Waals surface area contributed by atoms with E-state index in [9.17, 15) is 8.42 Å². The first-order valence-corrected chi connectivity index (χ1v) is 6.68. The van der Waals surface area contributed by atoms with E-state index in [4.69, 9.17) is 17.3 Å². The molecule has 0 aliphatic heterocycles. The molecule has 0 aromatic heterocycles. The Kier molecular flexibility index (Phi) is 3.62. The number of hydrogen-bond acceptors (Lipinski definition) is 3. The van der Waals surface area contributed by atoms with Gasteiger partial charge in [-0.3, -0.25) is 0 Å². The lowest BCUT2D eigenvalue weighted by Gasteiger charge is -2.11. The molecule has 0 heterocycles. The molecule has 5 heteroatoms. The van der Waals surface area contributed by atoms with Gasteiger partial charge in [0.05, 0.1) is 11.0 Å². The average Bonchev–Trinajstić information content (AvgIpc) is 2.11. The molecule has 0 unspecified atom stereocenters. The van der Waals surface area contributed by atoms with Gasteiger partial charge in [-0.2, -0.15) is 0 Å². The van der Waals surface area contributed by atoms with E-state index in [1.807, 2.05) is 0 Å². The first-order chi connectivity index (χ1) is 6.84. The summed E-state index contributed by atoms with van der Waals surface area (Å²) in [5, 5.41) is -0.0209. The van der Waals surface area contributed by atoms with Crippen molar-refractivity contribution in [1.82, 2.24) is 0 Å². The van der Waals surface area contributed by atoms with Crippen LogP contribution in [-0.2, 0) is 15.6 Å². The van der Waals surface area contributed by atoms with Gasteiger partial charge >= 0.3 is 0 Å². The van der Waals surface area contributed by atoms with Gasteiger partial charge in [-0.1, -0.05) is 17.7 Å². The Morgan fingerprint density at radius 2 is 2.00 bits per heavy atom. The summed E-state index contributed by atoms with van der Waals surface area (Å²) < 4.78 is 23.4. The zero-order valence-corrected chi connectivity index (χ0v) is 10.3. The Hall–Kier alpha value is -0.740. The minimum Gasteiger partial charge on any atom is -0.398 e. The third-order valence-electron chi connectivity index (χ3n) is 2.22. The van der Waals surface area contributed by atoms with E-state index < -0.39 is 15.1 Å². The maximum atomic E-state index is 11.7. The molecule has 1 rings (SSSR count). The normalized spacial score (nSPS) is 12.0. The van der Waals surface area contributed by atoms with Crippen LogP contribution in [0.2, 0.25) is 5.02 Å². The molecule has 0 bridgehead atoms. The van der Waals surface area contributed by atoms with Crippen LogP contribution in [0.15, 0.2) is 18.2 Å². The lowest BCUT2D eigenvalue weighted by molar-refractivity contribution is 0.586. The number of anilines is 1. The maximum Gasteiger partial charge on any atom is 0.156 e. The summed E-state index contributed by atoms with van der Waals surface area (Å²) in [4.78, 5) is 0. The Labute approximate surface area is 95.2 Å². The van der Waals surface area contributed by atoms with Crippen molar-refractivity contribution in [2.24, 2.45) is 0 Å². The van der Waals surface area contributed by atoms with Gasteiger partial charge in [0, 0.05) is 16.3 Å². The average molecular weight is 248 g/mol. The van der Waals surface area contributed by atoms with Gasteiger partial charge in [0.1, 0.15) is 0 Å². The van der Waals surface area contributed by atoms with E-state index in [0.29, 0.717) is 16.3 Å². The van der Waals surface area contributed by atoms with Gasteiger partial charge in [0.2, 0.25) is 0 Å². The van der Waals surface area contributed by atoms with E-state index in [-0.39, 0.29) is 5.75 Å². The van der Waals surface area contributed by atoms with E-state index in [1.165, 1.54) is 0 Å². The van der Waals surface area contributed by atoms with Gasteiger partial charge in [-0.25, -0.2) is 8.42 Å². The van der Waals surface area contributed by atoms with Crippen LogP contribution in [0, 0.1) is 0 Å². The minimum absolute atomic E-state index is 0.101. The third kappa shape index (κ3) is 2.86. The standard InChI is InChI=1S/C10H14ClNO2S/c1-7(2)15(13,14)6-8-9(11)4-3-5-10(8)12/h3-5,7H,6,12H2,1-2H3. The number of halogens is 1. The van der Waals surface area contributed by atoms with Crippen LogP contribution in [0.3, 0.4) is 0 Å². The SMILES string of the molecule is CC(C)S(=O)(=O)Cc1c(N)cccc1Cl. The quantitative estimate of drug-likeness (QED) is 0.834. The van der Waals surface area contributed by atoms with Crippen LogP contribution < -0.4 is 5.73 Å². The van der Waals surface area contributed by atoms with Crippen LogP contribution in [0.5, 0.6) is 0 Å². The van der Waals surface area contributed by atoms with Crippen molar-refractivity contribution in [3.63, 3.8) is 0 Å². The predicted molar refractivity (Wildman–Crippen MR) is 63.6 cm³/mol. The zero-order chi connectivity index (χ0) is 11.6. The third-order valence-corrected chi connectivity index (χ3v) is 4.70. The second-order valence-electron chi connectivity index (χ2n) is 3.66. The van der Waals surface area contributed by atoms with Crippen LogP contribution >= 0.6 is 11.6 Å². The Bertz CT molecular complexity index is 434. The van der Waals surface area contributed by atoms with Gasteiger partial charge < -0.3 is 5.73 Å². The molecule has 84 valence electrons. The molecule has 0 aliphatic carbocycles. The summed E-state index contributed by atoms with van der Waals surface area (Å²) in [6, 6.07) is 4.99. The van der Waals surface area contributed by atoms with Crippen molar-refractivity contribution < 1.29 is 8.42 Å². The summed E-state index contributed by atoms with van der Waals surface area (Å²) in [6.45, 7) is 3.28. The number of rotatable bonds is 3. The fourth-order valence-corrected chi connectivity index (χ4v) is 2.48. The summed E-state index contributed by atoms with van der Waals surface area (Å²) in [6.07, 6.45) is 0. The van der Waals surface area contributed by atoms with Crippen molar-refractivity contribution in [2.45, 2.75) is 24.9 Å². The predicted octanol–water partition coefficient (Wildman–Crippen LogP) is 2.25. The maximum absolute atomic E-state index is 11.7. The van der Waals surface area contributed by atoms with Crippen LogP contribution in [0.4, 0.5) is 5.69 Å². The van der Waals surface area contributed by atoms with Crippen molar-refractivity contribution in [2.75, 3.05) is 5.73 Å². The summed E-state index contributed by atoms with van der Waals surface area (Å²) in [5.74, 6) is -0.101. The highest BCUT2D eigenvalue weighted by Gasteiger charge is 2.19. The lowest BCUT2D eigenvalue weighted by Crippen LogP contribution is -2.17. The molecule has 0 radical (unpaired) electrons. The molecule has 3 nitrogen and oxygen atoms in total. The summed E-state index contributed by atoms with van der Waals surface area (Å²) >= 11 is 5.90. The largest absolute Gasteiger partial charge is 0.398 e. The fourth-order valence-electron chi connectivity index (χ4n) is 1.10. The number of nitrogen functional groups attached to an aromatic ring is 1. The monoisotopic (exact) mass is 247 g/mol. The van der Waals surface area contributed by atoms with Gasteiger partial charge in [-0.05, 0) is 26.0 Å². The van der Waals surface area contributed by atoms with Crippen LogP contribution in [0.25, 0.3) is 0 Å². The second kappa shape index (κ2) is 4.41. The van der Waals surface area contributed by atoms with Crippen molar-refractivity contribution in [3.8, 4) is 0 Å². The van der Waals surface area contributed by atoms with Crippen LogP contribution in [-0.4, -0.2) is 13.7 Å². The molecule has 0 spiro atoms. The molecule has 0 aliphatic rings. The number of benzene rings is 1. The van der Waals surface area contributed by atoms with Gasteiger partial charge in [0.15, 0.2) is 9.84 Å². The molecule has 2 N–H and O–H groups in total. The molecular formula is C10H14ClNO2S. The molecule has 0 fully saturated rings. The first kappa shape index (κ1) is 12.3. The summed E-state index contributed by atoms with van der Waals surface area (Å²) in [7, 11) is -3.16. The lowest BCUT2D eigenvalue weighted by atomic mass is 10.2. The highest BCUT2D eigenvalue weighted by atomic mass is 35.5. The topological polar surface area (TPSA) is 60.2 Å². The number of hydrogen-bond donors (Lipinski definition) is 1. The molecule has 1 aromatic carbocycles. The van der Waals surface area contributed by atoms with Crippen LogP contribution in [0.1, 0.15) is 19.4 Å². The molecule has 0 amide bonds.